The average molecular weight is 272 g/mol. The van der Waals surface area contributed by atoms with Crippen LogP contribution in [-0.4, -0.2) is 54.2 Å². The van der Waals surface area contributed by atoms with Gasteiger partial charge in [-0.2, -0.15) is 0 Å². The van der Waals surface area contributed by atoms with E-state index in [1.54, 1.807) is 4.90 Å². The third kappa shape index (κ3) is 5.25. The Balaban J connectivity index is 2.30. The van der Waals surface area contributed by atoms with Gasteiger partial charge in [-0.05, 0) is 18.3 Å². The summed E-state index contributed by atoms with van der Waals surface area (Å²) >= 11 is 0. The van der Waals surface area contributed by atoms with Gasteiger partial charge in [0.25, 0.3) is 5.91 Å². The van der Waals surface area contributed by atoms with Crippen LogP contribution in [0, 0.1) is 11.8 Å². The Labute approximate surface area is 111 Å². The highest BCUT2D eigenvalue weighted by Crippen LogP contribution is 2.22. The van der Waals surface area contributed by atoms with E-state index in [1.165, 1.54) is 0 Å². The molecule has 7 nitrogen and oxygen atoms in total. The van der Waals surface area contributed by atoms with Gasteiger partial charge in [-0.1, -0.05) is 13.8 Å². The van der Waals surface area contributed by atoms with Gasteiger partial charge in [-0.3, -0.25) is 10.1 Å². The molecule has 2 unspecified atom stereocenters. The first kappa shape index (κ1) is 15.4. The Bertz CT molecular complexity index is 358. The molecule has 0 aromatic heterocycles. The molecule has 0 bridgehead atoms. The molecule has 2 atom stereocenters. The molecule has 0 radical (unpaired) electrons. The van der Waals surface area contributed by atoms with Gasteiger partial charge in [0.2, 0.25) is 0 Å². The molecule has 1 rings (SSSR count). The van der Waals surface area contributed by atoms with Crippen LogP contribution in [0.4, 0.5) is 4.79 Å². The number of rotatable bonds is 4. The minimum Gasteiger partial charge on any atom is -0.480 e. The SMILES string of the molecule is CC1CCN(C(=O)NC(=O)COCC(=O)O)CC1C. The summed E-state index contributed by atoms with van der Waals surface area (Å²) in [4.78, 5) is 34.9. The highest BCUT2D eigenvalue weighted by Gasteiger charge is 2.26. The van der Waals surface area contributed by atoms with Crippen LogP contribution in [0.15, 0.2) is 0 Å². The standard InChI is InChI=1S/C12H20N2O5/c1-8-3-4-14(5-9(8)2)12(18)13-10(15)6-19-7-11(16)17/h8-9H,3-7H2,1-2H3,(H,16,17)(H,13,15,18). The van der Waals surface area contributed by atoms with Gasteiger partial charge >= 0.3 is 12.0 Å². The minimum absolute atomic E-state index is 0.401. The maximum Gasteiger partial charge on any atom is 0.329 e. The highest BCUT2D eigenvalue weighted by molar-refractivity contribution is 5.95. The summed E-state index contributed by atoms with van der Waals surface area (Å²) in [5, 5.41) is 10.5. The van der Waals surface area contributed by atoms with Crippen LogP contribution in [0.1, 0.15) is 20.3 Å². The molecule has 2 N–H and O–H groups in total. The molecule has 108 valence electrons. The number of urea groups is 1. The summed E-state index contributed by atoms with van der Waals surface area (Å²) in [7, 11) is 0. The van der Waals surface area contributed by atoms with Gasteiger partial charge in [0.15, 0.2) is 0 Å². The van der Waals surface area contributed by atoms with E-state index in [1.807, 2.05) is 0 Å². The first-order chi connectivity index (χ1) is 8.90. The number of amides is 3. The molecule has 3 amide bonds. The largest absolute Gasteiger partial charge is 0.480 e. The lowest BCUT2D eigenvalue weighted by Gasteiger charge is -2.34. The third-order valence-corrected chi connectivity index (χ3v) is 3.33. The molecule has 1 aliphatic rings. The molecule has 0 aromatic carbocycles. The summed E-state index contributed by atoms with van der Waals surface area (Å²) in [5.41, 5.74) is 0. The second-order valence-electron chi connectivity index (χ2n) is 4.93. The van der Waals surface area contributed by atoms with Crippen LogP contribution in [0.3, 0.4) is 0 Å². The van der Waals surface area contributed by atoms with Gasteiger partial charge in [0.1, 0.15) is 13.2 Å². The second kappa shape index (κ2) is 7.08. The van der Waals surface area contributed by atoms with E-state index >= 15 is 0 Å². The highest BCUT2D eigenvalue weighted by atomic mass is 16.5. The fraction of sp³-hybridized carbons (Fsp3) is 0.750. The van der Waals surface area contributed by atoms with Crippen molar-refractivity contribution in [1.82, 2.24) is 10.2 Å². The van der Waals surface area contributed by atoms with Crippen molar-refractivity contribution in [2.45, 2.75) is 20.3 Å². The van der Waals surface area contributed by atoms with Crippen molar-refractivity contribution < 1.29 is 24.2 Å². The summed E-state index contributed by atoms with van der Waals surface area (Å²) in [6.45, 7) is 4.47. The van der Waals surface area contributed by atoms with E-state index in [0.717, 1.165) is 6.42 Å². The van der Waals surface area contributed by atoms with E-state index in [4.69, 9.17) is 5.11 Å². The molecular formula is C12H20N2O5. The topological polar surface area (TPSA) is 95.9 Å². The van der Waals surface area contributed by atoms with E-state index < -0.39 is 31.1 Å². The molecular weight excluding hydrogens is 252 g/mol. The number of ether oxygens (including phenoxy) is 1. The molecule has 1 heterocycles. The number of aliphatic carboxylic acids is 1. The predicted octanol–water partition coefficient (Wildman–Crippen LogP) is 0.302. The summed E-state index contributed by atoms with van der Waals surface area (Å²) < 4.78 is 4.60. The number of carbonyl (C=O) groups is 3. The summed E-state index contributed by atoms with van der Waals surface area (Å²) in [6, 6.07) is -0.442. The van der Waals surface area contributed by atoms with E-state index in [9.17, 15) is 14.4 Å². The number of piperidine rings is 1. The monoisotopic (exact) mass is 272 g/mol. The van der Waals surface area contributed by atoms with Crippen molar-refractivity contribution in [1.29, 1.82) is 0 Å². The molecule has 0 aliphatic carbocycles. The van der Waals surface area contributed by atoms with Crippen molar-refractivity contribution >= 4 is 17.9 Å². The number of carboxylic acids is 1. The zero-order valence-electron chi connectivity index (χ0n) is 11.2. The fourth-order valence-electron chi connectivity index (χ4n) is 1.91. The van der Waals surface area contributed by atoms with E-state index in [0.29, 0.717) is 24.9 Å². The molecule has 0 aromatic rings. The molecule has 0 saturated carbocycles. The van der Waals surface area contributed by atoms with E-state index in [-0.39, 0.29) is 0 Å². The number of hydrogen-bond acceptors (Lipinski definition) is 4. The molecule has 7 heteroatoms. The van der Waals surface area contributed by atoms with Crippen molar-refractivity contribution in [3.63, 3.8) is 0 Å². The Hall–Kier alpha value is -1.63. The van der Waals surface area contributed by atoms with Gasteiger partial charge in [0.05, 0.1) is 0 Å². The van der Waals surface area contributed by atoms with Crippen molar-refractivity contribution in [2.75, 3.05) is 26.3 Å². The zero-order chi connectivity index (χ0) is 14.4. The second-order valence-corrected chi connectivity index (χ2v) is 4.93. The third-order valence-electron chi connectivity index (χ3n) is 3.33. The van der Waals surface area contributed by atoms with Gasteiger partial charge in [0, 0.05) is 13.1 Å². The smallest absolute Gasteiger partial charge is 0.329 e. The van der Waals surface area contributed by atoms with Crippen LogP contribution in [0.25, 0.3) is 0 Å². The fourth-order valence-corrected chi connectivity index (χ4v) is 1.91. The zero-order valence-corrected chi connectivity index (χ0v) is 11.2. The van der Waals surface area contributed by atoms with Crippen LogP contribution in [0.2, 0.25) is 0 Å². The maximum absolute atomic E-state index is 11.8. The summed E-state index contributed by atoms with van der Waals surface area (Å²) in [5.74, 6) is -0.813. The average Bonchev–Trinajstić information content (AvgIpc) is 2.32. The maximum atomic E-state index is 11.8. The number of likely N-dealkylation sites (tertiary alicyclic amines) is 1. The number of nitrogens with one attached hydrogen (secondary N) is 1. The lowest BCUT2D eigenvalue weighted by Crippen LogP contribution is -2.49. The molecule has 1 aliphatic heterocycles. The van der Waals surface area contributed by atoms with E-state index in [2.05, 4.69) is 23.9 Å². The Morgan fingerprint density at radius 1 is 1.26 bits per heavy atom. The van der Waals surface area contributed by atoms with Crippen LogP contribution >= 0.6 is 0 Å². The Morgan fingerprint density at radius 3 is 2.53 bits per heavy atom. The molecule has 0 spiro atoms. The first-order valence-corrected chi connectivity index (χ1v) is 6.28. The number of hydrogen-bond donors (Lipinski definition) is 2. The normalized spacial score (nSPS) is 22.9. The number of nitrogens with zero attached hydrogens (tertiary/aromatic N) is 1. The first-order valence-electron chi connectivity index (χ1n) is 6.28. The Kier molecular flexibility index (Phi) is 5.75. The van der Waals surface area contributed by atoms with Gasteiger partial charge in [-0.15, -0.1) is 0 Å². The van der Waals surface area contributed by atoms with Crippen LogP contribution in [-0.2, 0) is 14.3 Å². The van der Waals surface area contributed by atoms with Gasteiger partial charge in [-0.25, -0.2) is 9.59 Å². The number of carbonyl (C=O) groups excluding carboxylic acids is 2. The molecule has 1 fully saturated rings. The van der Waals surface area contributed by atoms with Crippen LogP contribution < -0.4 is 5.32 Å². The van der Waals surface area contributed by atoms with Crippen molar-refractivity contribution in [2.24, 2.45) is 11.8 Å². The van der Waals surface area contributed by atoms with Crippen molar-refractivity contribution in [3.05, 3.63) is 0 Å². The summed E-state index contributed by atoms with van der Waals surface area (Å²) in [6.07, 6.45) is 0.915. The minimum atomic E-state index is -1.15. The molecule has 1 saturated heterocycles. The van der Waals surface area contributed by atoms with Crippen molar-refractivity contribution in [3.8, 4) is 0 Å². The Morgan fingerprint density at radius 2 is 1.95 bits per heavy atom. The van der Waals surface area contributed by atoms with Crippen LogP contribution in [0.5, 0.6) is 0 Å². The lowest BCUT2D eigenvalue weighted by molar-refractivity contribution is -0.143. The van der Waals surface area contributed by atoms with Gasteiger partial charge < -0.3 is 14.7 Å². The lowest BCUT2D eigenvalue weighted by atomic mass is 9.89. The quantitative estimate of drug-likeness (QED) is 0.767. The predicted molar refractivity (Wildman–Crippen MR) is 66.5 cm³/mol. The molecule has 19 heavy (non-hydrogen) atoms. The number of imide groups is 1. The number of carboxylic acid groups (broad SMARTS) is 1.